The Balaban J connectivity index is 1.49. The summed E-state index contributed by atoms with van der Waals surface area (Å²) < 4.78 is 1.08. The monoisotopic (exact) mass is 403 g/mol. The number of carbonyl (C=O) groups is 1. The van der Waals surface area contributed by atoms with Gasteiger partial charge >= 0.3 is 0 Å². The summed E-state index contributed by atoms with van der Waals surface area (Å²) in [5.74, 6) is 0.271. The molecule has 2 aliphatic heterocycles. The smallest absolute Gasteiger partial charge is 0.237 e. The van der Waals surface area contributed by atoms with Gasteiger partial charge in [0.2, 0.25) is 5.91 Å². The van der Waals surface area contributed by atoms with Crippen LogP contribution >= 0.6 is 15.9 Å². The molecule has 25 heavy (non-hydrogen) atoms. The van der Waals surface area contributed by atoms with Gasteiger partial charge in [0.15, 0.2) is 0 Å². The SMILES string of the molecule is CC1(C)CCCN(CC(=O)N2CCc3[nH]c4ccc(Br)cc4c3C2)C1. The number of fused-ring (bicyclic) bond motifs is 3. The fourth-order valence-electron chi connectivity index (χ4n) is 4.37. The zero-order valence-electron chi connectivity index (χ0n) is 15.1. The van der Waals surface area contributed by atoms with Gasteiger partial charge in [-0.3, -0.25) is 9.69 Å². The Morgan fingerprint density at radius 1 is 1.32 bits per heavy atom. The van der Waals surface area contributed by atoms with E-state index in [2.05, 4.69) is 57.9 Å². The molecular weight excluding hydrogens is 378 g/mol. The molecule has 1 amide bonds. The lowest BCUT2D eigenvalue weighted by Gasteiger charge is -2.38. The second-order valence-corrected chi connectivity index (χ2v) is 9.23. The van der Waals surface area contributed by atoms with Crippen molar-refractivity contribution >= 4 is 32.7 Å². The molecule has 0 unspecified atom stereocenters. The number of nitrogens with zero attached hydrogens (tertiary/aromatic N) is 2. The van der Waals surface area contributed by atoms with Crippen LogP contribution < -0.4 is 0 Å². The van der Waals surface area contributed by atoms with Gasteiger partial charge in [0.05, 0.1) is 6.54 Å². The minimum atomic E-state index is 0.271. The Morgan fingerprint density at radius 2 is 2.16 bits per heavy atom. The minimum absolute atomic E-state index is 0.271. The van der Waals surface area contributed by atoms with Crippen molar-refractivity contribution in [2.45, 2.75) is 39.7 Å². The highest BCUT2D eigenvalue weighted by Crippen LogP contribution is 2.31. The number of nitrogens with one attached hydrogen (secondary N) is 1. The Hall–Kier alpha value is -1.33. The summed E-state index contributed by atoms with van der Waals surface area (Å²) >= 11 is 3.56. The van der Waals surface area contributed by atoms with E-state index in [4.69, 9.17) is 0 Å². The zero-order chi connectivity index (χ0) is 17.6. The molecule has 1 saturated heterocycles. The number of hydrogen-bond acceptors (Lipinski definition) is 2. The van der Waals surface area contributed by atoms with E-state index in [0.717, 1.165) is 37.1 Å². The highest BCUT2D eigenvalue weighted by molar-refractivity contribution is 9.10. The van der Waals surface area contributed by atoms with Crippen LogP contribution in [-0.4, -0.2) is 46.9 Å². The van der Waals surface area contributed by atoms with E-state index < -0.39 is 0 Å². The van der Waals surface area contributed by atoms with Gasteiger partial charge in [-0.1, -0.05) is 29.8 Å². The molecule has 0 bridgehead atoms. The number of benzene rings is 1. The Kier molecular flexibility index (Phi) is 4.40. The van der Waals surface area contributed by atoms with Crippen LogP contribution in [0.4, 0.5) is 0 Å². The molecule has 1 fully saturated rings. The van der Waals surface area contributed by atoms with Crippen molar-refractivity contribution in [3.8, 4) is 0 Å². The van der Waals surface area contributed by atoms with Crippen molar-refractivity contribution in [2.24, 2.45) is 5.41 Å². The van der Waals surface area contributed by atoms with Crippen LogP contribution in [0.5, 0.6) is 0 Å². The number of halogens is 1. The molecule has 0 atom stereocenters. The van der Waals surface area contributed by atoms with E-state index in [1.807, 2.05) is 4.90 Å². The number of piperidine rings is 1. The van der Waals surface area contributed by atoms with Gasteiger partial charge in [-0.15, -0.1) is 0 Å². The minimum Gasteiger partial charge on any atom is -0.358 e. The molecule has 1 aromatic carbocycles. The van der Waals surface area contributed by atoms with E-state index in [0.29, 0.717) is 12.0 Å². The van der Waals surface area contributed by atoms with Crippen LogP contribution in [0.1, 0.15) is 37.9 Å². The lowest BCUT2D eigenvalue weighted by molar-refractivity contribution is -0.134. The third-order valence-corrected chi connectivity index (χ3v) is 6.12. The number of rotatable bonds is 2. The second kappa shape index (κ2) is 6.44. The standard InChI is InChI=1S/C20H26BrN3O/c1-20(2)7-3-8-23(13-20)12-19(25)24-9-6-18-16(11-24)15-10-14(21)4-5-17(15)22-18/h4-5,10,22H,3,6-9,11-13H2,1-2H3. The number of amides is 1. The van der Waals surface area contributed by atoms with Crippen LogP contribution in [0.2, 0.25) is 0 Å². The van der Waals surface area contributed by atoms with Crippen LogP contribution in [0, 0.1) is 5.41 Å². The number of likely N-dealkylation sites (tertiary alicyclic amines) is 1. The maximum absolute atomic E-state index is 12.9. The van der Waals surface area contributed by atoms with Crippen LogP contribution in [-0.2, 0) is 17.8 Å². The van der Waals surface area contributed by atoms with E-state index >= 15 is 0 Å². The first kappa shape index (κ1) is 17.1. The van der Waals surface area contributed by atoms with Crippen molar-refractivity contribution < 1.29 is 4.79 Å². The number of hydrogen-bond donors (Lipinski definition) is 1. The number of H-pyrrole nitrogens is 1. The quantitative estimate of drug-likeness (QED) is 0.824. The van der Waals surface area contributed by atoms with E-state index in [9.17, 15) is 4.79 Å². The predicted molar refractivity (Wildman–Crippen MR) is 105 cm³/mol. The topological polar surface area (TPSA) is 39.3 Å². The average Bonchev–Trinajstić information content (AvgIpc) is 2.91. The van der Waals surface area contributed by atoms with Gasteiger partial charge in [0.1, 0.15) is 0 Å². The van der Waals surface area contributed by atoms with Crippen molar-refractivity contribution in [3.63, 3.8) is 0 Å². The first-order valence-corrected chi connectivity index (χ1v) is 10.00. The first-order valence-electron chi connectivity index (χ1n) is 9.20. The number of aromatic amines is 1. The van der Waals surface area contributed by atoms with E-state index in [-0.39, 0.29) is 5.91 Å². The highest BCUT2D eigenvalue weighted by atomic mass is 79.9. The average molecular weight is 404 g/mol. The van der Waals surface area contributed by atoms with Gasteiger partial charge in [-0.2, -0.15) is 0 Å². The molecule has 0 radical (unpaired) electrons. The van der Waals surface area contributed by atoms with Gasteiger partial charge in [-0.05, 0) is 43.0 Å². The summed E-state index contributed by atoms with van der Waals surface area (Å²) in [4.78, 5) is 20.8. The maximum Gasteiger partial charge on any atom is 0.237 e. The Morgan fingerprint density at radius 3 is 2.96 bits per heavy atom. The van der Waals surface area contributed by atoms with E-state index in [1.165, 1.54) is 35.0 Å². The largest absolute Gasteiger partial charge is 0.358 e. The molecule has 4 rings (SSSR count). The van der Waals surface area contributed by atoms with Crippen molar-refractivity contribution in [3.05, 3.63) is 33.9 Å². The van der Waals surface area contributed by atoms with Gasteiger partial charge in [-0.25, -0.2) is 0 Å². The summed E-state index contributed by atoms with van der Waals surface area (Å²) in [6.07, 6.45) is 3.37. The van der Waals surface area contributed by atoms with Crippen LogP contribution in [0.25, 0.3) is 10.9 Å². The van der Waals surface area contributed by atoms with Gasteiger partial charge < -0.3 is 9.88 Å². The molecule has 0 aliphatic carbocycles. The summed E-state index contributed by atoms with van der Waals surface area (Å²) in [6.45, 7) is 8.79. The molecular formula is C20H26BrN3O. The summed E-state index contributed by atoms with van der Waals surface area (Å²) in [5, 5.41) is 1.24. The van der Waals surface area contributed by atoms with E-state index in [1.54, 1.807) is 0 Å². The van der Waals surface area contributed by atoms with Crippen molar-refractivity contribution in [1.29, 1.82) is 0 Å². The molecule has 134 valence electrons. The van der Waals surface area contributed by atoms with Crippen molar-refractivity contribution in [1.82, 2.24) is 14.8 Å². The lowest BCUT2D eigenvalue weighted by atomic mass is 9.84. The Labute approximate surface area is 157 Å². The maximum atomic E-state index is 12.9. The third kappa shape index (κ3) is 3.49. The fourth-order valence-corrected chi connectivity index (χ4v) is 4.73. The molecule has 3 heterocycles. The first-order chi connectivity index (χ1) is 11.9. The summed E-state index contributed by atoms with van der Waals surface area (Å²) in [7, 11) is 0. The van der Waals surface area contributed by atoms with Crippen LogP contribution in [0.3, 0.4) is 0 Å². The molecule has 5 heteroatoms. The van der Waals surface area contributed by atoms with Gasteiger partial charge in [0.25, 0.3) is 0 Å². The highest BCUT2D eigenvalue weighted by Gasteiger charge is 2.30. The predicted octanol–water partition coefficient (Wildman–Crippen LogP) is 3.94. The molecule has 2 aliphatic rings. The zero-order valence-corrected chi connectivity index (χ0v) is 16.7. The lowest BCUT2D eigenvalue weighted by Crippen LogP contribution is -2.47. The summed E-state index contributed by atoms with van der Waals surface area (Å²) in [6, 6.07) is 6.33. The molecule has 1 N–H and O–H groups in total. The van der Waals surface area contributed by atoms with Gasteiger partial charge in [0, 0.05) is 52.7 Å². The third-order valence-electron chi connectivity index (χ3n) is 5.63. The number of aromatic nitrogens is 1. The van der Waals surface area contributed by atoms with Crippen molar-refractivity contribution in [2.75, 3.05) is 26.2 Å². The Bertz CT molecular complexity index is 811. The van der Waals surface area contributed by atoms with Crippen LogP contribution in [0.15, 0.2) is 22.7 Å². The second-order valence-electron chi connectivity index (χ2n) is 8.32. The number of carbonyl (C=O) groups excluding carboxylic acids is 1. The fraction of sp³-hybridized carbons (Fsp3) is 0.550. The molecule has 4 nitrogen and oxygen atoms in total. The molecule has 2 aromatic rings. The molecule has 1 aromatic heterocycles. The summed E-state index contributed by atoms with van der Waals surface area (Å²) in [5.41, 5.74) is 4.07. The normalized spacial score (nSPS) is 20.7. The molecule has 0 saturated carbocycles. The molecule has 0 spiro atoms.